The molecule has 0 saturated carbocycles. The van der Waals surface area contributed by atoms with Crippen molar-refractivity contribution in [2.75, 3.05) is 19.8 Å². The first-order chi connectivity index (χ1) is 8.13. The zero-order valence-electron chi connectivity index (χ0n) is 10.5. The fourth-order valence-corrected chi connectivity index (χ4v) is 2.00. The van der Waals surface area contributed by atoms with Gasteiger partial charge in [-0.05, 0) is 6.07 Å². The van der Waals surface area contributed by atoms with Crippen LogP contribution in [0.2, 0.25) is 0 Å². The number of aliphatic hydroxyl groups is 1. The molecule has 1 aliphatic rings. The van der Waals surface area contributed by atoms with Crippen LogP contribution in [0.3, 0.4) is 0 Å². The van der Waals surface area contributed by atoms with Gasteiger partial charge in [0, 0.05) is 17.4 Å². The maximum absolute atomic E-state index is 9.45. The molecule has 1 fully saturated rings. The van der Waals surface area contributed by atoms with E-state index in [4.69, 9.17) is 9.47 Å². The van der Waals surface area contributed by atoms with Gasteiger partial charge in [-0.2, -0.15) is 0 Å². The van der Waals surface area contributed by atoms with Crippen LogP contribution in [0.5, 0.6) is 5.75 Å². The molecule has 1 aromatic carbocycles. The van der Waals surface area contributed by atoms with Crippen LogP contribution in [0.15, 0.2) is 24.3 Å². The molecule has 1 heterocycles. The van der Waals surface area contributed by atoms with E-state index in [1.165, 1.54) is 0 Å². The Labute approximate surface area is 102 Å². The summed E-state index contributed by atoms with van der Waals surface area (Å²) in [6.07, 6.45) is 1.08. The van der Waals surface area contributed by atoms with Gasteiger partial charge in [0.1, 0.15) is 11.9 Å². The summed E-state index contributed by atoms with van der Waals surface area (Å²) in [5.74, 6) is 0.863. The van der Waals surface area contributed by atoms with Crippen molar-refractivity contribution in [3.05, 3.63) is 29.8 Å². The molecule has 0 radical (unpaired) electrons. The van der Waals surface area contributed by atoms with Gasteiger partial charge in [0.05, 0.1) is 19.8 Å². The van der Waals surface area contributed by atoms with E-state index in [1.807, 2.05) is 38.1 Å². The Hall–Kier alpha value is -1.06. The first kappa shape index (κ1) is 12.4. The van der Waals surface area contributed by atoms with Crippen LogP contribution in [0, 0.1) is 0 Å². The normalized spacial score (nSPS) is 20.5. The molecule has 1 atom stereocenters. The van der Waals surface area contributed by atoms with Crippen LogP contribution >= 0.6 is 0 Å². The van der Waals surface area contributed by atoms with E-state index in [2.05, 4.69) is 0 Å². The maximum Gasteiger partial charge on any atom is 0.124 e. The van der Waals surface area contributed by atoms with Crippen LogP contribution in [-0.2, 0) is 10.2 Å². The number of ether oxygens (including phenoxy) is 2. The average Bonchev–Trinajstić information content (AvgIpc) is 2.82. The van der Waals surface area contributed by atoms with Crippen LogP contribution in [0.4, 0.5) is 0 Å². The number of hydrogen-bond acceptors (Lipinski definition) is 3. The molecule has 0 aliphatic carbocycles. The lowest BCUT2D eigenvalue weighted by Crippen LogP contribution is -2.25. The number of rotatable bonds is 4. The highest BCUT2D eigenvalue weighted by Gasteiger charge is 2.25. The minimum absolute atomic E-state index is 0.106. The molecule has 1 unspecified atom stereocenters. The predicted molar refractivity (Wildman–Crippen MR) is 66.4 cm³/mol. The monoisotopic (exact) mass is 236 g/mol. The molecule has 0 amide bonds. The molecule has 3 heteroatoms. The maximum atomic E-state index is 9.45. The number of hydrogen-bond donors (Lipinski definition) is 1. The van der Waals surface area contributed by atoms with Crippen molar-refractivity contribution < 1.29 is 14.6 Å². The highest BCUT2D eigenvalue weighted by atomic mass is 16.5. The zero-order chi connectivity index (χ0) is 12.3. The lowest BCUT2D eigenvalue weighted by molar-refractivity contribution is 0.138. The molecule has 1 N–H and O–H groups in total. The van der Waals surface area contributed by atoms with Gasteiger partial charge < -0.3 is 14.6 Å². The van der Waals surface area contributed by atoms with Gasteiger partial charge >= 0.3 is 0 Å². The van der Waals surface area contributed by atoms with Crippen molar-refractivity contribution in [1.29, 1.82) is 0 Å². The SMILES string of the molecule is CC(C)(CO)c1ccccc1OC1CCOC1. The van der Waals surface area contributed by atoms with Crippen LogP contribution in [-0.4, -0.2) is 31.0 Å². The van der Waals surface area contributed by atoms with Gasteiger partial charge in [0.25, 0.3) is 0 Å². The molecular formula is C14H20O3. The molecule has 1 saturated heterocycles. The summed E-state index contributed by atoms with van der Waals surface area (Å²) in [5, 5.41) is 9.45. The van der Waals surface area contributed by atoms with E-state index in [1.54, 1.807) is 0 Å². The Morgan fingerprint density at radius 1 is 1.41 bits per heavy atom. The van der Waals surface area contributed by atoms with Gasteiger partial charge in [-0.25, -0.2) is 0 Å². The van der Waals surface area contributed by atoms with Gasteiger partial charge in [-0.15, -0.1) is 0 Å². The Kier molecular flexibility index (Phi) is 3.69. The summed E-state index contributed by atoms with van der Waals surface area (Å²) in [6.45, 7) is 5.57. The highest BCUT2D eigenvalue weighted by Crippen LogP contribution is 2.32. The lowest BCUT2D eigenvalue weighted by Gasteiger charge is -2.26. The first-order valence-corrected chi connectivity index (χ1v) is 6.08. The molecule has 17 heavy (non-hydrogen) atoms. The predicted octanol–water partition coefficient (Wildman–Crippen LogP) is 2.12. The standard InChI is InChI=1S/C14H20O3/c1-14(2,10-15)12-5-3-4-6-13(12)17-11-7-8-16-9-11/h3-6,11,15H,7-10H2,1-2H3. The Bertz CT molecular complexity index is 367. The third kappa shape index (κ3) is 2.79. The molecule has 2 rings (SSSR count). The van der Waals surface area contributed by atoms with E-state index in [0.29, 0.717) is 6.61 Å². The Morgan fingerprint density at radius 2 is 2.18 bits per heavy atom. The largest absolute Gasteiger partial charge is 0.488 e. The van der Waals surface area contributed by atoms with Crippen molar-refractivity contribution >= 4 is 0 Å². The van der Waals surface area contributed by atoms with Crippen molar-refractivity contribution in [3.63, 3.8) is 0 Å². The quantitative estimate of drug-likeness (QED) is 0.870. The molecule has 0 aromatic heterocycles. The van der Waals surface area contributed by atoms with Crippen molar-refractivity contribution in [2.24, 2.45) is 0 Å². The number of aliphatic hydroxyl groups excluding tert-OH is 1. The van der Waals surface area contributed by atoms with Crippen LogP contribution in [0.1, 0.15) is 25.8 Å². The van der Waals surface area contributed by atoms with E-state index >= 15 is 0 Å². The second-order valence-corrected chi connectivity index (χ2v) is 5.14. The van der Waals surface area contributed by atoms with Gasteiger partial charge in [-0.1, -0.05) is 32.0 Å². The third-order valence-corrected chi connectivity index (χ3v) is 3.19. The average molecular weight is 236 g/mol. The molecule has 0 spiro atoms. The van der Waals surface area contributed by atoms with Crippen molar-refractivity contribution in [3.8, 4) is 5.75 Å². The van der Waals surface area contributed by atoms with E-state index in [9.17, 15) is 5.11 Å². The lowest BCUT2D eigenvalue weighted by atomic mass is 9.85. The fraction of sp³-hybridized carbons (Fsp3) is 0.571. The van der Waals surface area contributed by atoms with E-state index < -0.39 is 0 Å². The third-order valence-electron chi connectivity index (χ3n) is 3.19. The van der Waals surface area contributed by atoms with Gasteiger partial charge in [-0.3, -0.25) is 0 Å². The Morgan fingerprint density at radius 3 is 2.82 bits per heavy atom. The minimum Gasteiger partial charge on any atom is -0.488 e. The topological polar surface area (TPSA) is 38.7 Å². The smallest absolute Gasteiger partial charge is 0.124 e. The summed E-state index contributed by atoms with van der Waals surface area (Å²) in [7, 11) is 0. The summed E-state index contributed by atoms with van der Waals surface area (Å²) in [6, 6.07) is 7.92. The minimum atomic E-state index is -0.282. The molecule has 3 nitrogen and oxygen atoms in total. The van der Waals surface area contributed by atoms with Crippen LogP contribution in [0.25, 0.3) is 0 Å². The summed E-state index contributed by atoms with van der Waals surface area (Å²) >= 11 is 0. The first-order valence-electron chi connectivity index (χ1n) is 6.08. The van der Waals surface area contributed by atoms with Crippen molar-refractivity contribution in [1.82, 2.24) is 0 Å². The van der Waals surface area contributed by atoms with E-state index in [-0.39, 0.29) is 18.1 Å². The molecular weight excluding hydrogens is 216 g/mol. The Balaban J connectivity index is 2.21. The second-order valence-electron chi connectivity index (χ2n) is 5.14. The molecule has 0 bridgehead atoms. The number of para-hydroxylation sites is 1. The molecule has 1 aromatic rings. The summed E-state index contributed by atoms with van der Waals surface area (Å²) in [5.41, 5.74) is 0.769. The summed E-state index contributed by atoms with van der Waals surface area (Å²) in [4.78, 5) is 0. The van der Waals surface area contributed by atoms with Crippen molar-refractivity contribution in [2.45, 2.75) is 31.8 Å². The summed E-state index contributed by atoms with van der Waals surface area (Å²) < 4.78 is 11.3. The van der Waals surface area contributed by atoms with Gasteiger partial charge in [0.2, 0.25) is 0 Å². The number of benzene rings is 1. The molecule has 94 valence electrons. The zero-order valence-corrected chi connectivity index (χ0v) is 10.5. The van der Waals surface area contributed by atoms with E-state index in [0.717, 1.165) is 24.3 Å². The fourth-order valence-electron chi connectivity index (χ4n) is 2.00. The van der Waals surface area contributed by atoms with Gasteiger partial charge in [0.15, 0.2) is 0 Å². The van der Waals surface area contributed by atoms with Crippen LogP contribution < -0.4 is 4.74 Å². The second kappa shape index (κ2) is 5.07. The molecule has 1 aliphatic heterocycles. The highest BCUT2D eigenvalue weighted by molar-refractivity contribution is 5.39.